The molecule has 218 valence electrons. The molecule has 0 spiro atoms. The number of nitrogens with zero attached hydrogens (tertiary/aromatic N) is 1. The highest BCUT2D eigenvalue weighted by atomic mass is 16.5. The number of likely N-dealkylation sites (tertiary alicyclic amines) is 1. The lowest BCUT2D eigenvalue weighted by atomic mass is 9.72. The fourth-order valence-corrected chi connectivity index (χ4v) is 6.44. The summed E-state index contributed by atoms with van der Waals surface area (Å²) in [5.74, 6) is -0.798. The van der Waals surface area contributed by atoms with E-state index >= 15 is 0 Å². The van der Waals surface area contributed by atoms with Crippen molar-refractivity contribution in [2.24, 2.45) is 11.3 Å². The molecule has 2 heterocycles. The summed E-state index contributed by atoms with van der Waals surface area (Å²) in [6, 6.07) is 14.3. The number of carbonyl (C=O) groups excluding carboxylic acids is 1. The van der Waals surface area contributed by atoms with Gasteiger partial charge in [0.05, 0.1) is 13.2 Å². The van der Waals surface area contributed by atoms with Crippen LogP contribution in [0.3, 0.4) is 0 Å². The molecule has 5 atom stereocenters. The Hall–Kier alpha value is -2.90. The van der Waals surface area contributed by atoms with Crippen molar-refractivity contribution in [3.05, 3.63) is 65.2 Å². The fourth-order valence-electron chi connectivity index (χ4n) is 6.44. The zero-order valence-electron chi connectivity index (χ0n) is 25.1. The standard InChI is InChI=1S/C33H46N2O5/c1-32(2,3)23-16-17-24(39-7)22(19-23)20-34-27-26(33(4,5)6)29(31(37)38)35(28(27)21-13-9-8-10-14-21)30(36)25-15-11-12-18-40-25/h8-10,13-14,16-17,19,25-29,34H,11-12,15,18,20H2,1-7H3,(H,37,38)/t25-,26+,27+,28+,29+/m1/s1. The molecule has 2 aliphatic heterocycles. The smallest absolute Gasteiger partial charge is 0.326 e. The van der Waals surface area contributed by atoms with Crippen LogP contribution in [-0.4, -0.2) is 53.8 Å². The molecule has 2 aliphatic rings. The highest BCUT2D eigenvalue weighted by molar-refractivity contribution is 5.88. The number of carboxylic acid groups (broad SMARTS) is 1. The molecule has 0 radical (unpaired) electrons. The van der Waals surface area contributed by atoms with Gasteiger partial charge in [-0.25, -0.2) is 4.79 Å². The number of hydrogen-bond acceptors (Lipinski definition) is 5. The van der Waals surface area contributed by atoms with Crippen LogP contribution in [0.15, 0.2) is 48.5 Å². The molecule has 4 rings (SSSR count). The summed E-state index contributed by atoms with van der Waals surface area (Å²) in [6.07, 6.45) is 1.80. The Morgan fingerprint density at radius 2 is 1.75 bits per heavy atom. The van der Waals surface area contributed by atoms with Crippen LogP contribution in [-0.2, 0) is 26.3 Å². The van der Waals surface area contributed by atoms with E-state index in [1.807, 2.05) is 36.4 Å². The average Bonchev–Trinajstić information content (AvgIpc) is 3.28. The molecule has 0 aromatic heterocycles. The third-order valence-electron chi connectivity index (χ3n) is 8.44. The number of hydrogen-bond donors (Lipinski definition) is 2. The second-order valence-corrected chi connectivity index (χ2v) is 13.3. The molecule has 7 heteroatoms. The van der Waals surface area contributed by atoms with Crippen LogP contribution in [0.5, 0.6) is 5.75 Å². The van der Waals surface area contributed by atoms with Gasteiger partial charge in [0.15, 0.2) is 0 Å². The quantitative estimate of drug-likeness (QED) is 0.459. The summed E-state index contributed by atoms with van der Waals surface area (Å²) in [5.41, 5.74) is 2.66. The Bertz CT molecular complexity index is 1180. The molecular formula is C33H46N2O5. The third kappa shape index (κ3) is 6.21. The van der Waals surface area contributed by atoms with Crippen molar-refractivity contribution in [1.29, 1.82) is 0 Å². The summed E-state index contributed by atoms with van der Waals surface area (Å²) >= 11 is 0. The highest BCUT2D eigenvalue weighted by Gasteiger charge is 2.58. The highest BCUT2D eigenvalue weighted by Crippen LogP contribution is 2.49. The molecular weight excluding hydrogens is 504 g/mol. The molecule has 2 fully saturated rings. The molecule has 40 heavy (non-hydrogen) atoms. The van der Waals surface area contributed by atoms with Crippen molar-refractivity contribution in [1.82, 2.24) is 10.2 Å². The molecule has 0 unspecified atom stereocenters. The van der Waals surface area contributed by atoms with Gasteiger partial charge in [-0.05, 0) is 47.3 Å². The molecule has 2 aromatic carbocycles. The third-order valence-corrected chi connectivity index (χ3v) is 8.44. The van der Waals surface area contributed by atoms with Gasteiger partial charge in [0.25, 0.3) is 5.91 Å². The molecule has 2 N–H and O–H groups in total. The summed E-state index contributed by atoms with van der Waals surface area (Å²) in [5, 5.41) is 14.4. The Balaban J connectivity index is 1.81. The van der Waals surface area contributed by atoms with Gasteiger partial charge in [0, 0.05) is 30.7 Å². The number of ether oxygens (including phenoxy) is 2. The molecule has 7 nitrogen and oxygen atoms in total. The summed E-state index contributed by atoms with van der Waals surface area (Å²) in [7, 11) is 1.67. The maximum absolute atomic E-state index is 14.1. The van der Waals surface area contributed by atoms with Gasteiger partial charge in [-0.15, -0.1) is 0 Å². The second kappa shape index (κ2) is 11.9. The van der Waals surface area contributed by atoms with Gasteiger partial charge < -0.3 is 24.8 Å². The molecule has 0 aliphatic carbocycles. The van der Waals surface area contributed by atoms with Gasteiger partial charge in [0.2, 0.25) is 0 Å². The van der Waals surface area contributed by atoms with Gasteiger partial charge in [-0.1, -0.05) is 84.0 Å². The minimum atomic E-state index is -0.997. The normalized spacial score (nSPS) is 25.6. The second-order valence-electron chi connectivity index (χ2n) is 13.3. The number of nitrogens with one attached hydrogen (secondary N) is 1. The first kappa shape index (κ1) is 30.1. The van der Waals surface area contributed by atoms with Crippen LogP contribution in [0, 0.1) is 11.3 Å². The van der Waals surface area contributed by atoms with Crippen molar-refractivity contribution >= 4 is 11.9 Å². The summed E-state index contributed by atoms with van der Waals surface area (Å²) in [4.78, 5) is 28.8. The summed E-state index contributed by atoms with van der Waals surface area (Å²) < 4.78 is 11.6. The van der Waals surface area contributed by atoms with Crippen molar-refractivity contribution in [2.75, 3.05) is 13.7 Å². The number of amides is 1. The van der Waals surface area contributed by atoms with Crippen molar-refractivity contribution in [3.63, 3.8) is 0 Å². The van der Waals surface area contributed by atoms with Crippen molar-refractivity contribution < 1.29 is 24.2 Å². The maximum atomic E-state index is 14.1. The molecule has 2 aromatic rings. The van der Waals surface area contributed by atoms with Crippen LogP contribution < -0.4 is 10.1 Å². The van der Waals surface area contributed by atoms with Crippen molar-refractivity contribution in [3.8, 4) is 5.75 Å². The van der Waals surface area contributed by atoms with E-state index in [9.17, 15) is 14.7 Å². The van der Waals surface area contributed by atoms with E-state index < -0.39 is 29.6 Å². The SMILES string of the molecule is COc1ccc(C(C)(C)C)cc1CN[C@H]1[C@H](C(C)(C)C)[C@@H](C(=O)O)N(C(=O)[C@H]2CCCCO2)[C@H]1c1ccccc1. The lowest BCUT2D eigenvalue weighted by Gasteiger charge is -2.36. The first-order valence-electron chi connectivity index (χ1n) is 14.5. The zero-order chi connectivity index (χ0) is 29.2. The number of carbonyl (C=O) groups is 2. The van der Waals surface area contributed by atoms with Gasteiger partial charge in [-0.3, -0.25) is 4.79 Å². The van der Waals surface area contributed by atoms with Crippen molar-refractivity contribution in [2.45, 2.75) is 97.0 Å². The number of aliphatic carboxylic acids is 1. The lowest BCUT2D eigenvalue weighted by Crippen LogP contribution is -2.51. The number of rotatable bonds is 7. The number of methoxy groups -OCH3 is 1. The number of benzene rings is 2. The van der Waals surface area contributed by atoms with E-state index in [2.05, 4.69) is 59.0 Å². The molecule has 2 saturated heterocycles. The summed E-state index contributed by atoms with van der Waals surface area (Å²) in [6.45, 7) is 13.7. The van der Waals surface area contributed by atoms with E-state index in [1.54, 1.807) is 12.0 Å². The minimum absolute atomic E-state index is 0.0352. The first-order chi connectivity index (χ1) is 18.8. The molecule has 1 amide bonds. The monoisotopic (exact) mass is 550 g/mol. The Labute approximate surface area is 239 Å². The van der Waals surface area contributed by atoms with Gasteiger partial charge in [-0.2, -0.15) is 0 Å². The Morgan fingerprint density at radius 1 is 1.05 bits per heavy atom. The van der Waals surface area contributed by atoms with E-state index in [0.717, 1.165) is 29.7 Å². The van der Waals surface area contributed by atoms with E-state index in [4.69, 9.17) is 9.47 Å². The molecule has 0 saturated carbocycles. The maximum Gasteiger partial charge on any atom is 0.326 e. The van der Waals surface area contributed by atoms with Gasteiger partial charge >= 0.3 is 5.97 Å². The van der Waals surface area contributed by atoms with E-state index in [1.165, 1.54) is 5.56 Å². The number of carboxylic acids is 1. The topological polar surface area (TPSA) is 88.1 Å². The average molecular weight is 551 g/mol. The van der Waals surface area contributed by atoms with Crippen LogP contribution in [0.1, 0.15) is 83.5 Å². The molecule has 0 bridgehead atoms. The Kier molecular flexibility index (Phi) is 8.96. The zero-order valence-corrected chi connectivity index (χ0v) is 25.1. The first-order valence-corrected chi connectivity index (χ1v) is 14.5. The van der Waals surface area contributed by atoms with E-state index in [-0.39, 0.29) is 23.3 Å². The predicted molar refractivity (Wildman–Crippen MR) is 156 cm³/mol. The Morgan fingerprint density at radius 3 is 2.30 bits per heavy atom. The van der Waals surface area contributed by atoms with E-state index in [0.29, 0.717) is 19.6 Å². The fraction of sp³-hybridized carbons (Fsp3) is 0.576. The van der Waals surface area contributed by atoms with Crippen LogP contribution in [0.4, 0.5) is 0 Å². The van der Waals surface area contributed by atoms with Crippen LogP contribution in [0.2, 0.25) is 0 Å². The lowest BCUT2D eigenvalue weighted by molar-refractivity contribution is -0.159. The minimum Gasteiger partial charge on any atom is -0.496 e. The largest absolute Gasteiger partial charge is 0.496 e. The predicted octanol–water partition coefficient (Wildman–Crippen LogP) is 5.72. The van der Waals surface area contributed by atoms with Gasteiger partial charge in [0.1, 0.15) is 17.9 Å². The van der Waals surface area contributed by atoms with Crippen LogP contribution in [0.25, 0.3) is 0 Å². The van der Waals surface area contributed by atoms with Crippen LogP contribution >= 0.6 is 0 Å².